The van der Waals surface area contributed by atoms with Crippen molar-refractivity contribution in [2.24, 2.45) is 5.92 Å². The Kier molecular flexibility index (Phi) is 8.99. The molecule has 1 saturated heterocycles. The standard InChI is InChI=1S/C16H24N2O3.CH2O2/c1-17-8-7-15(20)14(12-17)16(21)18(9-10-19)11-13-5-3-2-4-6-13;2-1-3/h2-6,14-15,19-20H,7-12H2,1H3;1H,(H,2,3)/t14-,15-;/m1./s1. The first-order chi connectivity index (χ1) is 11.5. The Morgan fingerprint density at radius 3 is 2.58 bits per heavy atom. The number of rotatable bonds is 5. The molecule has 0 saturated carbocycles. The summed E-state index contributed by atoms with van der Waals surface area (Å²) in [5.74, 6) is -0.481. The minimum absolute atomic E-state index is 0.0722. The van der Waals surface area contributed by atoms with Crippen LogP contribution in [0.5, 0.6) is 0 Å². The highest BCUT2D eigenvalue weighted by atomic mass is 16.3. The second-order valence-corrected chi connectivity index (χ2v) is 5.80. The van der Waals surface area contributed by atoms with Crippen LogP contribution in [-0.4, -0.2) is 76.9 Å². The molecule has 1 fully saturated rings. The minimum Gasteiger partial charge on any atom is -0.483 e. The summed E-state index contributed by atoms with van der Waals surface area (Å²) in [5.41, 5.74) is 1.03. The van der Waals surface area contributed by atoms with Crippen LogP contribution in [0.2, 0.25) is 0 Å². The molecule has 24 heavy (non-hydrogen) atoms. The zero-order valence-electron chi connectivity index (χ0n) is 13.9. The van der Waals surface area contributed by atoms with Crippen molar-refractivity contribution in [3.05, 3.63) is 35.9 Å². The van der Waals surface area contributed by atoms with Gasteiger partial charge in [0.25, 0.3) is 6.47 Å². The summed E-state index contributed by atoms with van der Waals surface area (Å²) < 4.78 is 0. The molecule has 2 rings (SSSR count). The van der Waals surface area contributed by atoms with Crippen molar-refractivity contribution in [3.63, 3.8) is 0 Å². The second kappa shape index (κ2) is 10.7. The number of carbonyl (C=O) groups excluding carboxylic acids is 1. The summed E-state index contributed by atoms with van der Waals surface area (Å²) in [6, 6.07) is 9.71. The molecule has 0 spiro atoms. The Balaban J connectivity index is 0.000000891. The van der Waals surface area contributed by atoms with E-state index in [2.05, 4.69) is 4.90 Å². The molecular formula is C17H26N2O5. The van der Waals surface area contributed by atoms with Gasteiger partial charge in [-0.25, -0.2) is 0 Å². The van der Waals surface area contributed by atoms with Gasteiger partial charge in [0.1, 0.15) is 0 Å². The van der Waals surface area contributed by atoms with Gasteiger partial charge < -0.3 is 25.1 Å². The summed E-state index contributed by atoms with van der Waals surface area (Å²) in [6.07, 6.45) is 0.0243. The Morgan fingerprint density at radius 2 is 2.00 bits per heavy atom. The minimum atomic E-state index is -0.592. The Morgan fingerprint density at radius 1 is 1.38 bits per heavy atom. The third-order valence-electron chi connectivity index (χ3n) is 3.99. The summed E-state index contributed by atoms with van der Waals surface area (Å²) in [6.45, 7) is 1.81. The van der Waals surface area contributed by atoms with Crippen LogP contribution in [0.4, 0.5) is 0 Å². The molecule has 1 aromatic rings. The van der Waals surface area contributed by atoms with Gasteiger partial charge in [-0.3, -0.25) is 9.59 Å². The number of aliphatic hydroxyl groups is 2. The van der Waals surface area contributed by atoms with Crippen LogP contribution in [-0.2, 0) is 16.1 Å². The van der Waals surface area contributed by atoms with Crippen LogP contribution in [0.15, 0.2) is 30.3 Å². The topological polar surface area (TPSA) is 101 Å². The van der Waals surface area contributed by atoms with Gasteiger partial charge in [0, 0.05) is 26.2 Å². The van der Waals surface area contributed by atoms with Gasteiger partial charge in [-0.1, -0.05) is 30.3 Å². The maximum Gasteiger partial charge on any atom is 0.290 e. The molecule has 0 unspecified atom stereocenters. The van der Waals surface area contributed by atoms with Crippen molar-refractivity contribution in [1.82, 2.24) is 9.80 Å². The highest BCUT2D eigenvalue weighted by Crippen LogP contribution is 2.19. The molecule has 1 aliphatic rings. The van der Waals surface area contributed by atoms with Crippen molar-refractivity contribution in [1.29, 1.82) is 0 Å². The Hall–Kier alpha value is -1.96. The third-order valence-corrected chi connectivity index (χ3v) is 3.99. The lowest BCUT2D eigenvalue weighted by molar-refractivity contribution is -0.143. The lowest BCUT2D eigenvalue weighted by Gasteiger charge is -2.36. The average Bonchev–Trinajstić information content (AvgIpc) is 2.58. The largest absolute Gasteiger partial charge is 0.483 e. The molecule has 1 heterocycles. The zero-order valence-corrected chi connectivity index (χ0v) is 13.9. The number of nitrogens with zero attached hydrogens (tertiary/aromatic N) is 2. The lowest BCUT2D eigenvalue weighted by Crippen LogP contribution is -2.50. The van der Waals surface area contributed by atoms with Crippen molar-refractivity contribution in [2.75, 3.05) is 33.3 Å². The summed E-state index contributed by atoms with van der Waals surface area (Å²) in [7, 11) is 1.96. The van der Waals surface area contributed by atoms with Crippen LogP contribution in [0.1, 0.15) is 12.0 Å². The highest BCUT2D eigenvalue weighted by Gasteiger charge is 2.34. The maximum absolute atomic E-state index is 12.7. The van der Waals surface area contributed by atoms with Crippen LogP contribution in [0.3, 0.4) is 0 Å². The molecule has 1 aliphatic heterocycles. The van der Waals surface area contributed by atoms with Gasteiger partial charge in [-0.2, -0.15) is 0 Å². The molecule has 0 bridgehead atoms. The SMILES string of the molecule is CN1CC[C@@H](O)[C@H](C(=O)N(CCO)Cc2ccccc2)C1.O=CO. The maximum atomic E-state index is 12.7. The molecule has 3 N–H and O–H groups in total. The van der Waals surface area contributed by atoms with Crippen molar-refractivity contribution in [3.8, 4) is 0 Å². The number of carbonyl (C=O) groups is 2. The van der Waals surface area contributed by atoms with E-state index in [1.165, 1.54) is 0 Å². The number of hydrogen-bond donors (Lipinski definition) is 3. The Labute approximate surface area is 142 Å². The molecule has 0 aliphatic carbocycles. The molecule has 134 valence electrons. The number of amides is 1. The van der Waals surface area contributed by atoms with Gasteiger partial charge in [-0.15, -0.1) is 0 Å². The van der Waals surface area contributed by atoms with E-state index in [1.54, 1.807) is 4.90 Å². The fourth-order valence-electron chi connectivity index (χ4n) is 2.77. The fraction of sp³-hybridized carbons (Fsp3) is 0.529. The molecule has 7 nitrogen and oxygen atoms in total. The van der Waals surface area contributed by atoms with Crippen LogP contribution < -0.4 is 0 Å². The summed E-state index contributed by atoms with van der Waals surface area (Å²) in [5, 5.41) is 26.2. The summed E-state index contributed by atoms with van der Waals surface area (Å²) >= 11 is 0. The molecule has 0 radical (unpaired) electrons. The molecule has 2 atom stereocenters. The van der Waals surface area contributed by atoms with Crippen LogP contribution in [0, 0.1) is 5.92 Å². The quantitative estimate of drug-likeness (QED) is 0.655. The van der Waals surface area contributed by atoms with E-state index < -0.39 is 12.0 Å². The zero-order chi connectivity index (χ0) is 17.9. The number of carboxylic acid groups (broad SMARTS) is 1. The smallest absolute Gasteiger partial charge is 0.290 e. The van der Waals surface area contributed by atoms with E-state index in [0.717, 1.165) is 12.1 Å². The fourth-order valence-corrected chi connectivity index (χ4v) is 2.77. The number of benzene rings is 1. The van der Waals surface area contributed by atoms with Crippen LogP contribution in [0.25, 0.3) is 0 Å². The van der Waals surface area contributed by atoms with Gasteiger partial charge in [0.2, 0.25) is 5.91 Å². The summed E-state index contributed by atoms with van der Waals surface area (Å²) in [4.78, 5) is 24.7. The predicted octanol–water partition coefficient (Wildman–Crippen LogP) is 0.0209. The molecule has 7 heteroatoms. The van der Waals surface area contributed by atoms with Crippen molar-refractivity contribution >= 4 is 12.4 Å². The number of hydrogen-bond acceptors (Lipinski definition) is 5. The number of aliphatic hydroxyl groups excluding tert-OH is 2. The lowest BCUT2D eigenvalue weighted by atomic mass is 9.93. The highest BCUT2D eigenvalue weighted by molar-refractivity contribution is 5.79. The normalized spacial score (nSPS) is 20.6. The van der Waals surface area contributed by atoms with Gasteiger partial charge in [0.05, 0.1) is 18.6 Å². The van der Waals surface area contributed by atoms with E-state index in [-0.39, 0.29) is 19.0 Å². The second-order valence-electron chi connectivity index (χ2n) is 5.80. The van der Waals surface area contributed by atoms with Crippen molar-refractivity contribution in [2.45, 2.75) is 19.1 Å². The first-order valence-corrected chi connectivity index (χ1v) is 7.91. The molecule has 1 amide bonds. The third kappa shape index (κ3) is 6.27. The van der Waals surface area contributed by atoms with E-state index in [0.29, 0.717) is 26.1 Å². The first-order valence-electron chi connectivity index (χ1n) is 7.91. The molecular weight excluding hydrogens is 312 g/mol. The van der Waals surface area contributed by atoms with Crippen LogP contribution >= 0.6 is 0 Å². The average molecular weight is 338 g/mol. The first kappa shape index (κ1) is 20.1. The van der Waals surface area contributed by atoms with E-state index in [4.69, 9.17) is 9.90 Å². The number of likely N-dealkylation sites (tertiary alicyclic amines) is 1. The number of piperidine rings is 1. The monoisotopic (exact) mass is 338 g/mol. The Bertz CT molecular complexity index is 497. The molecule has 0 aromatic heterocycles. The van der Waals surface area contributed by atoms with Crippen molar-refractivity contribution < 1.29 is 24.9 Å². The van der Waals surface area contributed by atoms with Gasteiger partial charge in [-0.05, 0) is 19.0 Å². The van der Waals surface area contributed by atoms with Gasteiger partial charge in [0.15, 0.2) is 0 Å². The molecule has 1 aromatic carbocycles. The van der Waals surface area contributed by atoms with E-state index in [9.17, 15) is 15.0 Å². The van der Waals surface area contributed by atoms with E-state index in [1.807, 2.05) is 37.4 Å². The van der Waals surface area contributed by atoms with Gasteiger partial charge >= 0.3 is 0 Å². The van der Waals surface area contributed by atoms with E-state index >= 15 is 0 Å². The predicted molar refractivity (Wildman–Crippen MR) is 89.2 cm³/mol.